The topological polar surface area (TPSA) is 63.5 Å². The molecule has 2 aromatic carbocycles. The second kappa shape index (κ2) is 11.8. The second-order valence-electron chi connectivity index (χ2n) is 9.12. The van der Waals surface area contributed by atoms with Crippen molar-refractivity contribution in [2.24, 2.45) is 0 Å². The number of methoxy groups -OCH3 is 1. The van der Waals surface area contributed by atoms with Gasteiger partial charge in [0.15, 0.2) is 0 Å². The predicted molar refractivity (Wildman–Crippen MR) is 133 cm³/mol. The molecule has 7 heteroatoms. The molecule has 1 aliphatic rings. The molecule has 7 nitrogen and oxygen atoms in total. The number of amides is 1. The van der Waals surface area contributed by atoms with Crippen LogP contribution in [0.25, 0.3) is 0 Å². The van der Waals surface area contributed by atoms with Gasteiger partial charge in [-0.3, -0.25) is 9.48 Å². The molecule has 1 aliphatic heterocycles. The maximum Gasteiger partial charge on any atom is 0.227 e. The zero-order valence-electron chi connectivity index (χ0n) is 20.3. The second-order valence-corrected chi connectivity index (χ2v) is 9.12. The van der Waals surface area contributed by atoms with Crippen molar-refractivity contribution in [2.45, 2.75) is 51.7 Å². The van der Waals surface area contributed by atoms with Crippen molar-refractivity contribution in [2.75, 3.05) is 26.7 Å². The van der Waals surface area contributed by atoms with Crippen molar-refractivity contribution in [1.29, 1.82) is 0 Å². The van der Waals surface area contributed by atoms with Gasteiger partial charge in [-0.05, 0) is 56.0 Å². The zero-order chi connectivity index (χ0) is 23.8. The third-order valence-corrected chi connectivity index (χ3v) is 6.63. The van der Waals surface area contributed by atoms with Crippen molar-refractivity contribution in [3.05, 3.63) is 77.9 Å². The number of benzene rings is 2. The number of hydrogen-bond donors (Lipinski definition) is 0. The molecule has 0 saturated carbocycles. The molecular weight excluding hydrogens is 426 g/mol. The van der Waals surface area contributed by atoms with Crippen molar-refractivity contribution < 1.29 is 9.53 Å². The van der Waals surface area contributed by atoms with E-state index in [1.54, 1.807) is 19.8 Å². The van der Waals surface area contributed by atoms with Gasteiger partial charge in [0.1, 0.15) is 18.4 Å². The first-order valence-corrected chi connectivity index (χ1v) is 12.1. The highest BCUT2D eigenvalue weighted by Crippen LogP contribution is 2.22. The van der Waals surface area contributed by atoms with Crippen LogP contribution in [-0.4, -0.2) is 63.3 Å². The summed E-state index contributed by atoms with van der Waals surface area (Å²) >= 11 is 0. The Hall–Kier alpha value is -3.19. The molecule has 0 aliphatic carbocycles. The molecule has 1 amide bonds. The van der Waals surface area contributed by atoms with Crippen LogP contribution in [0.5, 0.6) is 5.75 Å². The Labute approximate surface area is 202 Å². The molecule has 0 atom stereocenters. The Balaban J connectivity index is 1.37. The van der Waals surface area contributed by atoms with E-state index in [2.05, 4.69) is 51.1 Å². The molecule has 1 saturated heterocycles. The number of aryl methyl sites for hydroxylation is 2. The van der Waals surface area contributed by atoms with Gasteiger partial charge in [0.05, 0.1) is 13.5 Å². The van der Waals surface area contributed by atoms with Crippen molar-refractivity contribution in [1.82, 2.24) is 24.6 Å². The average Bonchev–Trinajstić information content (AvgIpc) is 3.38. The van der Waals surface area contributed by atoms with E-state index in [0.29, 0.717) is 13.0 Å². The van der Waals surface area contributed by atoms with Crippen molar-refractivity contribution >= 4 is 5.91 Å². The minimum atomic E-state index is 0.190. The van der Waals surface area contributed by atoms with Gasteiger partial charge in [-0.25, -0.2) is 4.98 Å². The lowest BCUT2D eigenvalue weighted by Gasteiger charge is -2.39. The van der Waals surface area contributed by atoms with Crippen LogP contribution in [0.15, 0.2) is 61.2 Å². The van der Waals surface area contributed by atoms with Gasteiger partial charge in [-0.1, -0.05) is 42.0 Å². The highest BCUT2D eigenvalue weighted by Gasteiger charge is 2.28. The standard InChI is InChI=1S/C27H35N5O2/c1-22-4-6-24(7-5-22)19-32(27(33)18-23-8-10-26(34-2)11-9-23)25-12-16-30(17-13-25)14-3-15-31-21-28-20-29-31/h4-11,20-21,25H,3,12-19H2,1-2H3. The summed E-state index contributed by atoms with van der Waals surface area (Å²) in [4.78, 5) is 22.1. The number of ether oxygens (including phenoxy) is 1. The van der Waals surface area contributed by atoms with Crippen molar-refractivity contribution in [3.63, 3.8) is 0 Å². The largest absolute Gasteiger partial charge is 0.497 e. The summed E-state index contributed by atoms with van der Waals surface area (Å²) in [6.07, 6.45) is 6.82. The maximum absolute atomic E-state index is 13.5. The highest BCUT2D eigenvalue weighted by atomic mass is 16.5. The van der Waals surface area contributed by atoms with Crippen LogP contribution < -0.4 is 4.74 Å². The monoisotopic (exact) mass is 461 g/mol. The fourth-order valence-corrected chi connectivity index (χ4v) is 4.59. The Morgan fingerprint density at radius 2 is 1.74 bits per heavy atom. The highest BCUT2D eigenvalue weighted by molar-refractivity contribution is 5.79. The van der Waals surface area contributed by atoms with Gasteiger partial charge in [-0.15, -0.1) is 0 Å². The summed E-state index contributed by atoms with van der Waals surface area (Å²) in [5.41, 5.74) is 3.44. The zero-order valence-corrected chi connectivity index (χ0v) is 20.3. The first kappa shape index (κ1) is 24.0. The van der Waals surface area contributed by atoms with Crippen LogP contribution in [0.1, 0.15) is 36.0 Å². The van der Waals surface area contributed by atoms with Crippen LogP contribution in [0.2, 0.25) is 0 Å². The summed E-state index contributed by atoms with van der Waals surface area (Å²) in [5, 5.41) is 4.18. The number of nitrogens with zero attached hydrogens (tertiary/aromatic N) is 5. The average molecular weight is 462 g/mol. The molecule has 34 heavy (non-hydrogen) atoms. The number of aromatic nitrogens is 3. The quantitative estimate of drug-likeness (QED) is 0.460. The number of rotatable bonds is 10. The minimum Gasteiger partial charge on any atom is -0.497 e. The van der Waals surface area contributed by atoms with Crippen LogP contribution in [0, 0.1) is 6.92 Å². The summed E-state index contributed by atoms with van der Waals surface area (Å²) in [6.45, 7) is 6.72. The first-order chi connectivity index (χ1) is 16.6. The third kappa shape index (κ3) is 6.67. The SMILES string of the molecule is COc1ccc(CC(=O)N(Cc2ccc(C)cc2)C2CCN(CCCn3cncn3)CC2)cc1. The van der Waals surface area contributed by atoms with E-state index in [1.165, 1.54) is 11.1 Å². The van der Waals surface area contributed by atoms with Gasteiger partial charge in [-0.2, -0.15) is 5.10 Å². The fourth-order valence-electron chi connectivity index (χ4n) is 4.59. The van der Waals surface area contributed by atoms with Gasteiger partial charge < -0.3 is 14.5 Å². The molecule has 0 unspecified atom stereocenters. The smallest absolute Gasteiger partial charge is 0.227 e. The number of hydrogen-bond acceptors (Lipinski definition) is 5. The molecule has 0 radical (unpaired) electrons. The van der Waals surface area contributed by atoms with E-state index in [0.717, 1.165) is 56.8 Å². The Morgan fingerprint density at radius 3 is 2.38 bits per heavy atom. The molecule has 180 valence electrons. The van der Waals surface area contributed by atoms with Gasteiger partial charge in [0.25, 0.3) is 0 Å². The fraction of sp³-hybridized carbons (Fsp3) is 0.444. The number of likely N-dealkylation sites (tertiary alicyclic amines) is 1. The molecule has 1 aromatic heterocycles. The van der Waals surface area contributed by atoms with E-state index in [4.69, 9.17) is 4.74 Å². The van der Waals surface area contributed by atoms with Gasteiger partial charge >= 0.3 is 0 Å². The normalized spacial score (nSPS) is 14.8. The van der Waals surface area contributed by atoms with Gasteiger partial charge in [0.2, 0.25) is 5.91 Å². The molecule has 4 rings (SSSR count). The lowest BCUT2D eigenvalue weighted by Crippen LogP contribution is -2.47. The van der Waals surface area contributed by atoms with E-state index < -0.39 is 0 Å². The minimum absolute atomic E-state index is 0.190. The number of piperidine rings is 1. The molecule has 2 heterocycles. The molecule has 0 spiro atoms. The van der Waals surface area contributed by atoms with E-state index in [1.807, 2.05) is 28.9 Å². The lowest BCUT2D eigenvalue weighted by atomic mass is 10.00. The summed E-state index contributed by atoms with van der Waals surface area (Å²) < 4.78 is 7.14. The Morgan fingerprint density at radius 1 is 1.03 bits per heavy atom. The van der Waals surface area contributed by atoms with E-state index >= 15 is 0 Å². The maximum atomic E-state index is 13.5. The van der Waals surface area contributed by atoms with Crippen LogP contribution in [0.4, 0.5) is 0 Å². The van der Waals surface area contributed by atoms with E-state index in [9.17, 15) is 4.79 Å². The number of carbonyl (C=O) groups is 1. The Bertz CT molecular complexity index is 1010. The summed E-state index contributed by atoms with van der Waals surface area (Å²) in [6, 6.07) is 16.6. The van der Waals surface area contributed by atoms with Crippen molar-refractivity contribution in [3.8, 4) is 5.75 Å². The predicted octanol–water partition coefficient (Wildman–Crippen LogP) is 3.72. The van der Waals surface area contributed by atoms with Crippen LogP contribution in [-0.2, 0) is 24.3 Å². The summed E-state index contributed by atoms with van der Waals surface area (Å²) in [5.74, 6) is 0.999. The van der Waals surface area contributed by atoms with Gasteiger partial charge in [0, 0.05) is 32.2 Å². The molecule has 0 bridgehead atoms. The van der Waals surface area contributed by atoms with Crippen LogP contribution in [0.3, 0.4) is 0 Å². The third-order valence-electron chi connectivity index (χ3n) is 6.63. The van der Waals surface area contributed by atoms with Crippen LogP contribution >= 0.6 is 0 Å². The molecule has 0 N–H and O–H groups in total. The number of carbonyl (C=O) groups excluding carboxylic acids is 1. The molecule has 1 fully saturated rings. The lowest BCUT2D eigenvalue weighted by molar-refractivity contribution is -0.134. The van der Waals surface area contributed by atoms with E-state index in [-0.39, 0.29) is 11.9 Å². The summed E-state index contributed by atoms with van der Waals surface area (Å²) in [7, 11) is 1.66. The first-order valence-electron chi connectivity index (χ1n) is 12.1. The Kier molecular flexibility index (Phi) is 8.31. The molecular formula is C27H35N5O2. The molecule has 3 aromatic rings.